The van der Waals surface area contributed by atoms with E-state index in [2.05, 4.69) is 16.1 Å². The zero-order chi connectivity index (χ0) is 10.1. The molecule has 1 aromatic heterocycles. The lowest BCUT2D eigenvalue weighted by Crippen LogP contribution is -2.28. The first-order valence-corrected chi connectivity index (χ1v) is 6.20. The van der Waals surface area contributed by atoms with Crippen molar-refractivity contribution in [3.05, 3.63) is 17.7 Å². The van der Waals surface area contributed by atoms with E-state index >= 15 is 0 Å². The van der Waals surface area contributed by atoms with Gasteiger partial charge in [-0.25, -0.2) is 4.98 Å². The molecule has 0 amide bonds. The van der Waals surface area contributed by atoms with Gasteiger partial charge in [-0.3, -0.25) is 0 Å². The van der Waals surface area contributed by atoms with Crippen molar-refractivity contribution >= 4 is 0 Å². The second-order valence-corrected chi connectivity index (χ2v) is 4.78. The summed E-state index contributed by atoms with van der Waals surface area (Å²) in [5, 5.41) is 3.46. The molecule has 0 radical (unpaired) electrons. The van der Waals surface area contributed by atoms with Gasteiger partial charge in [0.25, 0.3) is 0 Å². The maximum Gasteiger partial charge on any atom is 0.108 e. The molecule has 0 unspecified atom stereocenters. The fourth-order valence-electron chi connectivity index (χ4n) is 2.74. The Morgan fingerprint density at radius 2 is 2.33 bits per heavy atom. The Labute approximate surface area is 90.9 Å². The Morgan fingerprint density at radius 3 is 3.13 bits per heavy atom. The first-order chi connectivity index (χ1) is 7.43. The number of aromatic nitrogens is 2. The zero-order valence-electron chi connectivity index (χ0n) is 9.21. The van der Waals surface area contributed by atoms with Crippen LogP contribution in [-0.2, 0) is 13.0 Å². The van der Waals surface area contributed by atoms with Crippen molar-refractivity contribution in [1.82, 2.24) is 14.9 Å². The summed E-state index contributed by atoms with van der Waals surface area (Å²) in [7, 11) is 0. The van der Waals surface area contributed by atoms with Crippen molar-refractivity contribution in [2.45, 2.75) is 44.6 Å². The number of piperidine rings is 1. The Hall–Kier alpha value is -0.830. The van der Waals surface area contributed by atoms with Gasteiger partial charge in [-0.15, -0.1) is 0 Å². The van der Waals surface area contributed by atoms with Gasteiger partial charge in [-0.2, -0.15) is 0 Å². The van der Waals surface area contributed by atoms with Crippen LogP contribution in [0.25, 0.3) is 0 Å². The predicted molar refractivity (Wildman–Crippen MR) is 60.0 cm³/mol. The van der Waals surface area contributed by atoms with Crippen LogP contribution < -0.4 is 5.32 Å². The second kappa shape index (κ2) is 3.97. The monoisotopic (exact) mass is 205 g/mol. The van der Waals surface area contributed by atoms with Crippen LogP contribution in [-0.4, -0.2) is 22.6 Å². The molecule has 0 aromatic carbocycles. The molecule has 1 atom stereocenters. The molecule has 0 saturated carbocycles. The smallest absolute Gasteiger partial charge is 0.108 e. The second-order valence-electron chi connectivity index (χ2n) is 4.78. The molecular weight excluding hydrogens is 186 g/mol. The number of nitrogens with zero attached hydrogens (tertiary/aromatic N) is 2. The summed E-state index contributed by atoms with van der Waals surface area (Å²) >= 11 is 0. The van der Waals surface area contributed by atoms with E-state index in [4.69, 9.17) is 4.98 Å². The summed E-state index contributed by atoms with van der Waals surface area (Å²) in [6, 6.07) is 0. The highest BCUT2D eigenvalue weighted by molar-refractivity contribution is 5.12. The van der Waals surface area contributed by atoms with Crippen LogP contribution in [0.15, 0.2) is 6.20 Å². The Morgan fingerprint density at radius 1 is 1.33 bits per heavy atom. The molecule has 0 bridgehead atoms. The molecule has 1 aromatic rings. The van der Waals surface area contributed by atoms with Crippen molar-refractivity contribution < 1.29 is 0 Å². The van der Waals surface area contributed by atoms with E-state index in [1.165, 1.54) is 56.7 Å². The Kier molecular flexibility index (Phi) is 2.49. The fraction of sp³-hybridized carbons (Fsp3) is 0.750. The number of fused-ring (bicyclic) bond motifs is 1. The predicted octanol–water partition coefficient (Wildman–Crippen LogP) is 1.69. The molecule has 3 heterocycles. The van der Waals surface area contributed by atoms with Crippen molar-refractivity contribution in [3.8, 4) is 0 Å². The summed E-state index contributed by atoms with van der Waals surface area (Å²) in [6.07, 6.45) is 8.73. The summed E-state index contributed by atoms with van der Waals surface area (Å²) in [5.41, 5.74) is 1.33. The lowest BCUT2D eigenvalue weighted by molar-refractivity contribution is 0.455. The minimum atomic E-state index is 0.664. The molecule has 1 N–H and O–H groups in total. The van der Waals surface area contributed by atoms with Crippen LogP contribution in [0, 0.1) is 0 Å². The summed E-state index contributed by atoms with van der Waals surface area (Å²) in [5.74, 6) is 1.98. The van der Waals surface area contributed by atoms with Crippen LogP contribution in [0.2, 0.25) is 0 Å². The lowest BCUT2D eigenvalue weighted by atomic mass is 9.97. The van der Waals surface area contributed by atoms with Crippen molar-refractivity contribution in [2.75, 3.05) is 13.1 Å². The minimum absolute atomic E-state index is 0.664. The highest BCUT2D eigenvalue weighted by atomic mass is 15.1. The Bertz CT molecular complexity index is 313. The van der Waals surface area contributed by atoms with E-state index in [0.717, 1.165) is 6.54 Å². The standard InChI is InChI=1S/C12H19N3/c1-2-7-15-9-11(14-12(15)5-1)10-4-3-6-13-8-10/h9-10,13H,1-8H2/t10-/m1/s1. The number of hydrogen-bond donors (Lipinski definition) is 1. The highest BCUT2D eigenvalue weighted by Crippen LogP contribution is 2.24. The van der Waals surface area contributed by atoms with Gasteiger partial charge in [0.1, 0.15) is 5.82 Å². The molecule has 2 aliphatic heterocycles. The van der Waals surface area contributed by atoms with Crippen molar-refractivity contribution in [2.24, 2.45) is 0 Å². The zero-order valence-corrected chi connectivity index (χ0v) is 9.21. The molecule has 15 heavy (non-hydrogen) atoms. The van der Waals surface area contributed by atoms with Gasteiger partial charge in [0.15, 0.2) is 0 Å². The molecule has 0 spiro atoms. The highest BCUT2D eigenvalue weighted by Gasteiger charge is 2.20. The van der Waals surface area contributed by atoms with Gasteiger partial charge in [0, 0.05) is 31.6 Å². The normalized spacial score (nSPS) is 26.3. The number of imidazole rings is 1. The van der Waals surface area contributed by atoms with E-state index in [0.29, 0.717) is 5.92 Å². The number of rotatable bonds is 1. The third-order valence-electron chi connectivity index (χ3n) is 3.64. The van der Waals surface area contributed by atoms with Crippen LogP contribution in [0.3, 0.4) is 0 Å². The maximum atomic E-state index is 4.80. The first kappa shape index (κ1) is 9.40. The Balaban J connectivity index is 1.82. The molecule has 3 heteroatoms. The third-order valence-corrected chi connectivity index (χ3v) is 3.64. The number of aryl methyl sites for hydroxylation is 2. The fourth-order valence-corrected chi connectivity index (χ4v) is 2.74. The lowest BCUT2D eigenvalue weighted by Gasteiger charge is -2.20. The van der Waals surface area contributed by atoms with Gasteiger partial charge >= 0.3 is 0 Å². The van der Waals surface area contributed by atoms with E-state index in [1.807, 2.05) is 0 Å². The quantitative estimate of drug-likeness (QED) is 0.756. The molecule has 1 saturated heterocycles. The summed E-state index contributed by atoms with van der Waals surface area (Å²) in [4.78, 5) is 4.80. The third kappa shape index (κ3) is 1.81. The molecule has 2 aliphatic rings. The number of nitrogens with one attached hydrogen (secondary N) is 1. The average molecular weight is 205 g/mol. The van der Waals surface area contributed by atoms with Crippen LogP contribution in [0.1, 0.15) is 43.1 Å². The van der Waals surface area contributed by atoms with Crippen molar-refractivity contribution in [3.63, 3.8) is 0 Å². The summed E-state index contributed by atoms with van der Waals surface area (Å²) < 4.78 is 2.37. The van der Waals surface area contributed by atoms with Crippen LogP contribution >= 0.6 is 0 Å². The van der Waals surface area contributed by atoms with Crippen molar-refractivity contribution in [1.29, 1.82) is 0 Å². The van der Waals surface area contributed by atoms with Crippen LogP contribution in [0.4, 0.5) is 0 Å². The summed E-state index contributed by atoms with van der Waals surface area (Å²) in [6.45, 7) is 3.49. The molecule has 3 nitrogen and oxygen atoms in total. The van der Waals surface area contributed by atoms with E-state index in [9.17, 15) is 0 Å². The van der Waals surface area contributed by atoms with Gasteiger partial charge in [0.05, 0.1) is 5.69 Å². The molecular formula is C12H19N3. The van der Waals surface area contributed by atoms with E-state index in [1.54, 1.807) is 0 Å². The van der Waals surface area contributed by atoms with E-state index in [-0.39, 0.29) is 0 Å². The van der Waals surface area contributed by atoms with Gasteiger partial charge < -0.3 is 9.88 Å². The maximum absolute atomic E-state index is 4.80. The van der Waals surface area contributed by atoms with E-state index < -0.39 is 0 Å². The molecule has 82 valence electrons. The van der Waals surface area contributed by atoms with Gasteiger partial charge in [0.2, 0.25) is 0 Å². The number of hydrogen-bond acceptors (Lipinski definition) is 2. The largest absolute Gasteiger partial charge is 0.335 e. The first-order valence-electron chi connectivity index (χ1n) is 6.20. The molecule has 0 aliphatic carbocycles. The topological polar surface area (TPSA) is 29.9 Å². The van der Waals surface area contributed by atoms with Gasteiger partial charge in [-0.05, 0) is 32.2 Å². The minimum Gasteiger partial charge on any atom is -0.335 e. The molecule has 3 rings (SSSR count). The van der Waals surface area contributed by atoms with Crippen LogP contribution in [0.5, 0.6) is 0 Å². The molecule has 1 fully saturated rings. The van der Waals surface area contributed by atoms with Gasteiger partial charge in [-0.1, -0.05) is 0 Å². The average Bonchev–Trinajstić information content (AvgIpc) is 2.74. The SMILES string of the molecule is c1c([C@@H]2CCCNC2)nc2n1CCCC2.